The van der Waals surface area contributed by atoms with Crippen LogP contribution in [0.4, 0.5) is 0 Å². The average Bonchev–Trinajstić information content (AvgIpc) is 3.17. The van der Waals surface area contributed by atoms with E-state index in [2.05, 4.69) is 98.9 Å². The number of carbonyl (C=O) groups excluding carboxylic acids is 2. The van der Waals surface area contributed by atoms with Gasteiger partial charge in [0.1, 0.15) is 6.61 Å². The number of allylic oxidation sites excluding steroid dienone is 14. The monoisotopic (exact) mass is 797 g/mol. The molecule has 0 saturated heterocycles. The molecule has 0 bridgehead atoms. The largest absolute Gasteiger partial charge is 0.477 e. The number of aliphatic carboxylic acids is 1. The number of hydrogen-bond acceptors (Lipinski definition) is 6. The number of esters is 2. The second kappa shape index (κ2) is 39.3. The number of rotatable bonds is 38. The van der Waals surface area contributed by atoms with Crippen LogP contribution in [0.1, 0.15) is 155 Å². The molecule has 57 heavy (non-hydrogen) atoms. The fourth-order valence-corrected chi connectivity index (χ4v) is 5.86. The van der Waals surface area contributed by atoms with Crippen molar-refractivity contribution in [3.8, 4) is 0 Å². The molecular weight excluding hydrogens is 715 g/mol. The van der Waals surface area contributed by atoms with E-state index in [-0.39, 0.29) is 36.2 Å². The first kappa shape index (κ1) is 53.5. The summed E-state index contributed by atoms with van der Waals surface area (Å²) in [6.45, 7) is 4.50. The molecule has 0 fully saturated rings. The molecule has 2 unspecified atom stereocenters. The second-order valence-electron chi connectivity index (χ2n) is 15.6. The maximum Gasteiger partial charge on any atom is 0.362 e. The van der Waals surface area contributed by atoms with E-state index >= 15 is 0 Å². The van der Waals surface area contributed by atoms with Crippen LogP contribution in [0.15, 0.2) is 85.1 Å². The lowest BCUT2D eigenvalue weighted by Crippen LogP contribution is -2.50. The van der Waals surface area contributed by atoms with Crippen LogP contribution < -0.4 is 0 Å². The van der Waals surface area contributed by atoms with Crippen molar-refractivity contribution < 1.29 is 38.2 Å². The first-order valence-electron chi connectivity index (χ1n) is 22.1. The van der Waals surface area contributed by atoms with Crippen LogP contribution in [0, 0.1) is 0 Å². The Morgan fingerprint density at radius 1 is 0.561 bits per heavy atom. The van der Waals surface area contributed by atoms with Gasteiger partial charge in [0.25, 0.3) is 0 Å². The van der Waals surface area contributed by atoms with Gasteiger partial charge in [0, 0.05) is 19.3 Å². The smallest absolute Gasteiger partial charge is 0.362 e. The van der Waals surface area contributed by atoms with Crippen LogP contribution in [0.5, 0.6) is 0 Å². The van der Waals surface area contributed by atoms with Crippen molar-refractivity contribution in [1.29, 1.82) is 0 Å². The Bertz CT molecular complexity index is 1200. The van der Waals surface area contributed by atoms with Crippen LogP contribution in [0.3, 0.4) is 0 Å². The lowest BCUT2D eigenvalue weighted by atomic mass is 10.1. The number of likely N-dealkylation sites (N-methyl/N-ethyl adjacent to an activating group) is 1. The molecular formula is C49H82NO7+. The Morgan fingerprint density at radius 3 is 1.58 bits per heavy atom. The summed E-state index contributed by atoms with van der Waals surface area (Å²) in [6.07, 6.45) is 50.6. The number of carbonyl (C=O) groups is 3. The first-order valence-corrected chi connectivity index (χ1v) is 22.1. The molecule has 324 valence electrons. The van der Waals surface area contributed by atoms with E-state index in [4.69, 9.17) is 14.2 Å². The zero-order chi connectivity index (χ0) is 42.1. The number of carboxylic acids is 1. The van der Waals surface area contributed by atoms with Gasteiger partial charge in [-0.15, -0.1) is 0 Å². The van der Waals surface area contributed by atoms with Crippen molar-refractivity contribution in [3.63, 3.8) is 0 Å². The van der Waals surface area contributed by atoms with Gasteiger partial charge in [-0.05, 0) is 77.0 Å². The highest BCUT2D eigenvalue weighted by Gasteiger charge is 2.31. The van der Waals surface area contributed by atoms with Gasteiger partial charge in [0.2, 0.25) is 0 Å². The van der Waals surface area contributed by atoms with E-state index in [9.17, 15) is 19.5 Å². The van der Waals surface area contributed by atoms with Crippen LogP contribution >= 0.6 is 0 Å². The summed E-state index contributed by atoms with van der Waals surface area (Å²) in [7, 11) is 5.50. The van der Waals surface area contributed by atoms with E-state index in [1.165, 1.54) is 25.7 Å². The SMILES string of the molecule is CC/C=C/C/C=C/C/C=C/C/C=C/C/C=C/CCCCCCCCC(=O)OC(COCCC(C(=O)O)[N+](C)(C)C)COC(=O)CCCCC/C=C/C=C/CCCC. The summed E-state index contributed by atoms with van der Waals surface area (Å²) in [5.74, 6) is -1.53. The average molecular weight is 797 g/mol. The molecule has 0 aromatic heterocycles. The van der Waals surface area contributed by atoms with Gasteiger partial charge in [0.15, 0.2) is 12.1 Å². The third-order valence-electron chi connectivity index (χ3n) is 9.31. The summed E-state index contributed by atoms with van der Waals surface area (Å²) in [5, 5.41) is 9.61. The second-order valence-corrected chi connectivity index (χ2v) is 15.6. The highest BCUT2D eigenvalue weighted by molar-refractivity contribution is 5.72. The molecule has 8 nitrogen and oxygen atoms in total. The van der Waals surface area contributed by atoms with E-state index in [0.717, 1.165) is 96.3 Å². The standard InChI is InChI=1S/C49H81NO7/c1-6-8-10-12-14-16-18-19-20-21-22-23-24-25-26-27-28-30-32-34-36-38-40-48(52)57-45(43-55-42-41-46(49(53)54)50(3,4)5)44-56-47(51)39-37-35-33-31-29-17-15-13-11-9-7-2/h8,10,13-17,19-20,22-23,25-26,29,45-46H,6-7,9,11-12,18,21,24,27-28,30-44H2,1-5H3/p+1/b10-8+,15-13+,16-14+,20-19+,23-22+,26-25+,29-17+. The molecule has 0 aliphatic carbocycles. The number of quaternary nitrogens is 1. The zero-order valence-electron chi connectivity index (χ0n) is 36.8. The van der Waals surface area contributed by atoms with Crippen molar-refractivity contribution in [2.24, 2.45) is 0 Å². The van der Waals surface area contributed by atoms with E-state index in [1.54, 1.807) is 0 Å². The summed E-state index contributed by atoms with van der Waals surface area (Å²) in [4.78, 5) is 36.9. The molecule has 0 saturated carbocycles. The van der Waals surface area contributed by atoms with Crippen LogP contribution in [-0.2, 0) is 28.6 Å². The van der Waals surface area contributed by atoms with Gasteiger partial charge in [-0.25, -0.2) is 4.79 Å². The molecule has 1 N–H and O–H groups in total. The van der Waals surface area contributed by atoms with Crippen molar-refractivity contribution in [2.75, 3.05) is 41.0 Å². The third kappa shape index (κ3) is 37.8. The van der Waals surface area contributed by atoms with Crippen molar-refractivity contribution in [3.05, 3.63) is 85.1 Å². The van der Waals surface area contributed by atoms with E-state index in [1.807, 2.05) is 21.1 Å². The molecule has 0 aliphatic heterocycles. The minimum absolute atomic E-state index is 0.0413. The highest BCUT2D eigenvalue weighted by atomic mass is 16.6. The van der Waals surface area contributed by atoms with Crippen molar-refractivity contribution in [2.45, 2.75) is 167 Å². The number of hydrogen-bond donors (Lipinski definition) is 1. The normalized spacial score (nSPS) is 13.8. The molecule has 0 aliphatic rings. The molecule has 8 heteroatoms. The Morgan fingerprint density at radius 2 is 1.04 bits per heavy atom. The van der Waals surface area contributed by atoms with Crippen LogP contribution in [0.2, 0.25) is 0 Å². The van der Waals surface area contributed by atoms with Crippen molar-refractivity contribution in [1.82, 2.24) is 0 Å². The quantitative estimate of drug-likeness (QED) is 0.0218. The summed E-state index contributed by atoms with van der Waals surface area (Å²) >= 11 is 0. The molecule has 0 aromatic rings. The predicted octanol–water partition coefficient (Wildman–Crippen LogP) is 12.1. The molecule has 0 aromatic carbocycles. The van der Waals surface area contributed by atoms with Gasteiger partial charge in [0.05, 0.1) is 34.4 Å². The number of nitrogens with zero attached hydrogens (tertiary/aromatic N) is 1. The lowest BCUT2D eigenvalue weighted by molar-refractivity contribution is -0.887. The topological polar surface area (TPSA) is 99.1 Å². The maximum absolute atomic E-state index is 12.7. The Balaban J connectivity index is 4.37. The minimum atomic E-state index is -0.886. The molecule has 0 rings (SSSR count). The summed E-state index contributed by atoms with van der Waals surface area (Å²) in [5.41, 5.74) is 0. The first-order chi connectivity index (χ1) is 27.6. The van der Waals surface area contributed by atoms with Crippen LogP contribution in [-0.4, -0.2) is 80.6 Å². The predicted molar refractivity (Wildman–Crippen MR) is 238 cm³/mol. The Hall–Kier alpha value is -3.49. The number of ether oxygens (including phenoxy) is 3. The molecule has 0 heterocycles. The highest BCUT2D eigenvalue weighted by Crippen LogP contribution is 2.13. The van der Waals surface area contributed by atoms with Gasteiger partial charge in [-0.3, -0.25) is 9.59 Å². The Kier molecular flexibility index (Phi) is 36.9. The lowest BCUT2D eigenvalue weighted by Gasteiger charge is -2.31. The molecule has 0 amide bonds. The zero-order valence-corrected chi connectivity index (χ0v) is 36.8. The van der Waals surface area contributed by atoms with Crippen molar-refractivity contribution >= 4 is 17.9 Å². The maximum atomic E-state index is 12.7. The van der Waals surface area contributed by atoms with Gasteiger partial charge in [-0.1, -0.05) is 144 Å². The minimum Gasteiger partial charge on any atom is -0.477 e. The van der Waals surface area contributed by atoms with Gasteiger partial charge in [-0.2, -0.15) is 0 Å². The molecule has 0 spiro atoms. The Labute approximate surface area is 348 Å². The van der Waals surface area contributed by atoms with E-state index < -0.39 is 18.1 Å². The summed E-state index contributed by atoms with van der Waals surface area (Å²) in [6, 6.07) is -0.625. The number of unbranched alkanes of at least 4 members (excludes halogenated alkanes) is 11. The molecule has 0 radical (unpaired) electrons. The van der Waals surface area contributed by atoms with E-state index in [0.29, 0.717) is 19.3 Å². The van der Waals surface area contributed by atoms with Crippen LogP contribution in [0.25, 0.3) is 0 Å². The molecule has 2 atom stereocenters. The fourth-order valence-electron chi connectivity index (χ4n) is 5.86. The van der Waals surface area contributed by atoms with Gasteiger partial charge >= 0.3 is 17.9 Å². The fraction of sp³-hybridized carbons (Fsp3) is 0.653. The summed E-state index contributed by atoms with van der Waals surface area (Å²) < 4.78 is 17.2. The van der Waals surface area contributed by atoms with Gasteiger partial charge < -0.3 is 23.8 Å². The number of carboxylic acid groups (broad SMARTS) is 1. The third-order valence-corrected chi connectivity index (χ3v) is 9.31.